The van der Waals surface area contributed by atoms with Crippen LogP contribution >= 0.6 is 0 Å². The van der Waals surface area contributed by atoms with E-state index < -0.39 is 12.1 Å². The third-order valence-electron chi connectivity index (χ3n) is 3.80. The van der Waals surface area contributed by atoms with Crippen molar-refractivity contribution in [2.24, 2.45) is 0 Å². The van der Waals surface area contributed by atoms with Crippen molar-refractivity contribution in [3.8, 4) is 5.75 Å². The molecule has 0 saturated heterocycles. The maximum atomic E-state index is 12.2. The van der Waals surface area contributed by atoms with Gasteiger partial charge in [0.25, 0.3) is 5.91 Å². The molecule has 0 bridgehead atoms. The lowest BCUT2D eigenvalue weighted by atomic mass is 10.0. The molecule has 0 aromatic heterocycles. The molecule has 0 fully saturated rings. The fraction of sp³-hybridized carbons (Fsp3) is 0.300. The van der Waals surface area contributed by atoms with Crippen molar-refractivity contribution >= 4 is 17.6 Å². The summed E-state index contributed by atoms with van der Waals surface area (Å²) in [4.78, 5) is 24.4. The van der Waals surface area contributed by atoms with Gasteiger partial charge in [-0.05, 0) is 48.7 Å². The van der Waals surface area contributed by atoms with Gasteiger partial charge in [-0.3, -0.25) is 4.79 Å². The normalized spacial score (nSPS) is 11.7. The van der Waals surface area contributed by atoms with E-state index in [0.717, 1.165) is 0 Å². The molecule has 1 atom stereocenters. The second-order valence-corrected chi connectivity index (χ2v) is 6.05. The number of methoxy groups -OCH3 is 1. The average Bonchev–Trinajstić information content (AvgIpc) is 2.62. The van der Waals surface area contributed by atoms with Gasteiger partial charge in [0.05, 0.1) is 12.7 Å². The van der Waals surface area contributed by atoms with Crippen molar-refractivity contribution in [3.63, 3.8) is 0 Å². The molecule has 0 aliphatic carbocycles. The van der Waals surface area contributed by atoms with E-state index in [9.17, 15) is 9.59 Å². The Labute approximate surface area is 148 Å². The summed E-state index contributed by atoms with van der Waals surface area (Å²) in [5.74, 6) is 0.0227. The van der Waals surface area contributed by atoms with E-state index in [-0.39, 0.29) is 5.91 Å². The minimum Gasteiger partial charge on any atom is -0.497 e. The van der Waals surface area contributed by atoms with Crippen LogP contribution < -0.4 is 10.1 Å². The molecule has 2 aromatic rings. The van der Waals surface area contributed by atoms with E-state index in [1.165, 1.54) is 19.6 Å². The second kappa shape index (κ2) is 8.33. The summed E-state index contributed by atoms with van der Waals surface area (Å²) in [5.41, 5.74) is 2.19. The van der Waals surface area contributed by atoms with Crippen LogP contribution in [-0.2, 0) is 9.53 Å². The number of esters is 1. The van der Waals surface area contributed by atoms with Crippen molar-refractivity contribution < 1.29 is 19.1 Å². The molecule has 5 heteroatoms. The van der Waals surface area contributed by atoms with Crippen LogP contribution in [0.3, 0.4) is 0 Å². The zero-order valence-electron chi connectivity index (χ0n) is 14.9. The van der Waals surface area contributed by atoms with E-state index in [0.29, 0.717) is 22.9 Å². The molecule has 132 valence electrons. The maximum Gasteiger partial charge on any atom is 0.339 e. The van der Waals surface area contributed by atoms with Gasteiger partial charge in [0.1, 0.15) is 5.75 Å². The number of carbonyl (C=O) groups is 2. The van der Waals surface area contributed by atoms with Crippen LogP contribution in [0.5, 0.6) is 5.75 Å². The Morgan fingerprint density at radius 1 is 1.00 bits per heavy atom. The summed E-state index contributed by atoms with van der Waals surface area (Å²) in [5, 5.41) is 2.75. The zero-order valence-corrected chi connectivity index (χ0v) is 14.9. The highest BCUT2D eigenvalue weighted by atomic mass is 16.5. The lowest BCUT2D eigenvalue weighted by Gasteiger charge is -2.14. The van der Waals surface area contributed by atoms with E-state index in [1.54, 1.807) is 24.3 Å². The van der Waals surface area contributed by atoms with Crippen LogP contribution in [0.25, 0.3) is 0 Å². The predicted molar refractivity (Wildman–Crippen MR) is 97.0 cm³/mol. The number of amides is 1. The molecular weight excluding hydrogens is 318 g/mol. The number of rotatable bonds is 6. The molecule has 5 nitrogen and oxygen atoms in total. The lowest BCUT2D eigenvalue weighted by molar-refractivity contribution is -0.123. The molecule has 0 aliphatic heterocycles. The Morgan fingerprint density at radius 3 is 2.28 bits per heavy atom. The van der Waals surface area contributed by atoms with E-state index >= 15 is 0 Å². The smallest absolute Gasteiger partial charge is 0.339 e. The standard InChI is InChI=1S/C20H23NO4/c1-13(2)15-8-10-17(11-9-15)21-19(22)14(3)25-20(23)16-6-5-7-18(12-16)24-4/h5-14H,1-4H3,(H,21,22)/t14-/m1/s1. The Bertz CT molecular complexity index is 738. The molecule has 25 heavy (non-hydrogen) atoms. The van der Waals surface area contributed by atoms with Gasteiger partial charge in [-0.15, -0.1) is 0 Å². The molecule has 0 spiro atoms. The molecule has 0 radical (unpaired) electrons. The van der Waals surface area contributed by atoms with Crippen LogP contribution in [0.2, 0.25) is 0 Å². The number of ether oxygens (including phenoxy) is 2. The van der Waals surface area contributed by atoms with E-state index in [2.05, 4.69) is 19.2 Å². The number of hydrogen-bond donors (Lipinski definition) is 1. The van der Waals surface area contributed by atoms with Crippen LogP contribution in [0, 0.1) is 0 Å². The van der Waals surface area contributed by atoms with Crippen molar-refractivity contribution in [2.75, 3.05) is 12.4 Å². The van der Waals surface area contributed by atoms with Crippen molar-refractivity contribution in [2.45, 2.75) is 32.8 Å². The van der Waals surface area contributed by atoms with Crippen LogP contribution in [0.4, 0.5) is 5.69 Å². The predicted octanol–water partition coefficient (Wildman–Crippen LogP) is 4.00. The number of nitrogens with one attached hydrogen (secondary N) is 1. The maximum absolute atomic E-state index is 12.2. The van der Waals surface area contributed by atoms with E-state index in [1.807, 2.05) is 24.3 Å². The summed E-state index contributed by atoms with van der Waals surface area (Å²) in [7, 11) is 1.52. The summed E-state index contributed by atoms with van der Waals surface area (Å²) in [6, 6.07) is 14.2. The van der Waals surface area contributed by atoms with Gasteiger partial charge in [0, 0.05) is 5.69 Å². The average molecular weight is 341 g/mol. The fourth-order valence-electron chi connectivity index (χ4n) is 2.23. The highest BCUT2D eigenvalue weighted by Gasteiger charge is 2.19. The highest BCUT2D eigenvalue weighted by molar-refractivity contribution is 5.97. The van der Waals surface area contributed by atoms with Crippen molar-refractivity contribution in [1.82, 2.24) is 0 Å². The summed E-state index contributed by atoms with van der Waals surface area (Å²) >= 11 is 0. The second-order valence-electron chi connectivity index (χ2n) is 6.05. The molecule has 1 amide bonds. The third kappa shape index (κ3) is 5.08. The summed E-state index contributed by atoms with van der Waals surface area (Å²) in [6.45, 7) is 5.75. The highest BCUT2D eigenvalue weighted by Crippen LogP contribution is 2.18. The first-order valence-corrected chi connectivity index (χ1v) is 8.16. The van der Waals surface area contributed by atoms with Gasteiger partial charge >= 0.3 is 5.97 Å². The Kier molecular flexibility index (Phi) is 6.17. The molecule has 2 aromatic carbocycles. The number of hydrogen-bond acceptors (Lipinski definition) is 4. The molecular formula is C20H23NO4. The van der Waals surface area contributed by atoms with Crippen LogP contribution in [0.1, 0.15) is 42.6 Å². The number of benzene rings is 2. The molecule has 2 rings (SSSR count). The Balaban J connectivity index is 1.96. The molecule has 0 aliphatic rings. The minimum atomic E-state index is -0.913. The summed E-state index contributed by atoms with van der Waals surface area (Å²) < 4.78 is 10.3. The molecule has 0 heterocycles. The van der Waals surface area contributed by atoms with Crippen LogP contribution in [0.15, 0.2) is 48.5 Å². The van der Waals surface area contributed by atoms with Gasteiger partial charge in [-0.1, -0.05) is 32.0 Å². The topological polar surface area (TPSA) is 64.6 Å². The minimum absolute atomic E-state index is 0.334. The van der Waals surface area contributed by atoms with Gasteiger partial charge in [-0.2, -0.15) is 0 Å². The van der Waals surface area contributed by atoms with Gasteiger partial charge in [-0.25, -0.2) is 4.79 Å². The molecule has 1 N–H and O–H groups in total. The van der Waals surface area contributed by atoms with Gasteiger partial charge < -0.3 is 14.8 Å². The zero-order chi connectivity index (χ0) is 18.4. The SMILES string of the molecule is COc1cccc(C(=O)O[C@H](C)C(=O)Nc2ccc(C(C)C)cc2)c1. The van der Waals surface area contributed by atoms with Crippen molar-refractivity contribution in [1.29, 1.82) is 0 Å². The lowest BCUT2D eigenvalue weighted by Crippen LogP contribution is -2.30. The van der Waals surface area contributed by atoms with Gasteiger partial charge in [0.15, 0.2) is 6.10 Å². The third-order valence-corrected chi connectivity index (χ3v) is 3.80. The fourth-order valence-corrected chi connectivity index (χ4v) is 2.23. The first-order valence-electron chi connectivity index (χ1n) is 8.16. The quantitative estimate of drug-likeness (QED) is 0.807. The van der Waals surface area contributed by atoms with Gasteiger partial charge in [0.2, 0.25) is 0 Å². The first-order chi connectivity index (χ1) is 11.9. The van der Waals surface area contributed by atoms with E-state index in [4.69, 9.17) is 9.47 Å². The Hall–Kier alpha value is -2.82. The number of carbonyl (C=O) groups excluding carboxylic acids is 2. The molecule has 0 unspecified atom stereocenters. The van der Waals surface area contributed by atoms with Crippen molar-refractivity contribution in [3.05, 3.63) is 59.7 Å². The Morgan fingerprint density at radius 2 is 1.68 bits per heavy atom. The molecule has 0 saturated carbocycles. The van der Waals surface area contributed by atoms with Crippen LogP contribution in [-0.4, -0.2) is 25.1 Å². The monoisotopic (exact) mass is 341 g/mol. The first kappa shape index (κ1) is 18.5. The largest absolute Gasteiger partial charge is 0.497 e. The summed E-state index contributed by atoms with van der Waals surface area (Å²) in [6.07, 6.45) is -0.913. The number of anilines is 1.